The van der Waals surface area contributed by atoms with Gasteiger partial charge in [0, 0.05) is 37.8 Å². The third-order valence-electron chi connectivity index (χ3n) is 8.21. The van der Waals surface area contributed by atoms with Crippen molar-refractivity contribution in [2.45, 2.75) is 69.5 Å². The van der Waals surface area contributed by atoms with Gasteiger partial charge in [0.15, 0.2) is 0 Å². The van der Waals surface area contributed by atoms with E-state index in [1.165, 1.54) is 12.0 Å². The number of hydrogen-bond acceptors (Lipinski definition) is 5. The number of anilines is 1. The molecule has 4 unspecified atom stereocenters. The van der Waals surface area contributed by atoms with Gasteiger partial charge in [-0.15, -0.1) is 0 Å². The minimum atomic E-state index is -0.0999. The Morgan fingerprint density at radius 1 is 1.06 bits per heavy atom. The summed E-state index contributed by atoms with van der Waals surface area (Å²) in [4.78, 5) is 27.5. The second kappa shape index (κ2) is 10.4. The van der Waals surface area contributed by atoms with E-state index in [2.05, 4.69) is 38.3 Å². The summed E-state index contributed by atoms with van der Waals surface area (Å²) in [5.41, 5.74) is 2.36. The van der Waals surface area contributed by atoms with Crippen molar-refractivity contribution in [2.75, 3.05) is 38.0 Å². The molecule has 4 heterocycles. The maximum atomic E-state index is 12.9. The van der Waals surface area contributed by atoms with Gasteiger partial charge in [0.1, 0.15) is 6.04 Å². The third-order valence-corrected chi connectivity index (χ3v) is 8.21. The van der Waals surface area contributed by atoms with E-state index in [-0.39, 0.29) is 23.9 Å². The molecule has 180 valence electrons. The topological polar surface area (TPSA) is 85.5 Å². The van der Waals surface area contributed by atoms with Crippen molar-refractivity contribution < 1.29 is 9.59 Å². The second-order valence-corrected chi connectivity index (χ2v) is 10.4. The van der Waals surface area contributed by atoms with Crippen LogP contribution in [0.25, 0.3) is 0 Å². The Hall–Kier alpha value is -2.12. The number of nitrogens with zero attached hydrogens (tertiary/aromatic N) is 1. The van der Waals surface area contributed by atoms with Crippen LogP contribution in [-0.4, -0.2) is 67.6 Å². The van der Waals surface area contributed by atoms with Crippen LogP contribution in [0.15, 0.2) is 24.3 Å². The van der Waals surface area contributed by atoms with E-state index in [9.17, 15) is 9.59 Å². The molecule has 0 aliphatic carbocycles. The van der Waals surface area contributed by atoms with Crippen molar-refractivity contribution >= 4 is 17.5 Å². The molecule has 4 aliphatic rings. The molecule has 33 heavy (non-hydrogen) atoms. The predicted molar refractivity (Wildman–Crippen MR) is 130 cm³/mol. The minimum Gasteiger partial charge on any atom is -0.373 e. The summed E-state index contributed by atoms with van der Waals surface area (Å²) < 4.78 is 0. The molecular formula is C26H39N5O2. The summed E-state index contributed by atoms with van der Waals surface area (Å²) in [6.45, 7) is 4.62. The van der Waals surface area contributed by atoms with Crippen molar-refractivity contribution in [1.29, 1.82) is 0 Å². The van der Waals surface area contributed by atoms with Crippen molar-refractivity contribution in [3.8, 4) is 0 Å². The summed E-state index contributed by atoms with van der Waals surface area (Å²) in [6.07, 6.45) is 8.47. The van der Waals surface area contributed by atoms with Gasteiger partial charge in [-0.2, -0.15) is 0 Å². The van der Waals surface area contributed by atoms with Crippen LogP contribution in [0.4, 0.5) is 5.69 Å². The summed E-state index contributed by atoms with van der Waals surface area (Å²) in [6, 6.07) is 8.63. The van der Waals surface area contributed by atoms with Gasteiger partial charge in [-0.05, 0) is 68.7 Å². The lowest BCUT2D eigenvalue weighted by Crippen LogP contribution is -2.46. The molecule has 0 spiro atoms. The molecular weight excluding hydrogens is 414 g/mol. The zero-order valence-electron chi connectivity index (χ0n) is 19.7. The zero-order chi connectivity index (χ0) is 22.6. The first-order chi connectivity index (χ1) is 16.2. The van der Waals surface area contributed by atoms with Gasteiger partial charge in [0.25, 0.3) is 0 Å². The predicted octanol–water partition coefficient (Wildman–Crippen LogP) is 1.89. The Morgan fingerprint density at radius 2 is 1.91 bits per heavy atom. The first-order valence-corrected chi connectivity index (χ1v) is 13.0. The SMILES string of the molecule is O=C(NCCCCC1CCN(C(=O)C2Cc3ccccc3N2)CC1)C1CC2CNCCC2N1. The van der Waals surface area contributed by atoms with Gasteiger partial charge in [-0.3, -0.25) is 9.59 Å². The fourth-order valence-corrected chi connectivity index (χ4v) is 6.20. The Balaban J connectivity index is 0.945. The number of unbranched alkanes of at least 4 members (excludes halogenated alkanes) is 1. The summed E-state index contributed by atoms with van der Waals surface area (Å²) >= 11 is 0. The van der Waals surface area contributed by atoms with Crippen LogP contribution in [0.1, 0.15) is 50.5 Å². The fourth-order valence-electron chi connectivity index (χ4n) is 6.20. The molecule has 0 radical (unpaired) electrons. The standard InChI is InChI=1S/C26H39N5O2/c32-25(23-16-20-17-27-12-8-22(20)29-23)28-11-4-3-5-18-9-13-31(14-10-18)26(33)24-15-19-6-1-2-7-21(19)30-24/h1-2,6-7,18,20,22-24,27,29-30H,3-5,8-17H2,(H,28,32). The molecule has 1 aromatic rings. The number of rotatable bonds is 7. The lowest BCUT2D eigenvalue weighted by atomic mass is 9.91. The largest absolute Gasteiger partial charge is 0.373 e. The number of piperidine rings is 2. The van der Waals surface area contributed by atoms with E-state index in [1.807, 2.05) is 12.1 Å². The van der Waals surface area contributed by atoms with Crippen LogP contribution >= 0.6 is 0 Å². The first kappa shape index (κ1) is 22.7. The highest BCUT2D eigenvalue weighted by molar-refractivity contribution is 5.87. The summed E-state index contributed by atoms with van der Waals surface area (Å²) in [5, 5.41) is 13.5. The normalized spacial score (nSPS) is 29.3. The molecule has 1 aromatic carbocycles. The third kappa shape index (κ3) is 5.35. The zero-order valence-corrected chi connectivity index (χ0v) is 19.7. The maximum absolute atomic E-state index is 12.9. The second-order valence-electron chi connectivity index (χ2n) is 10.4. The molecule has 5 rings (SSSR count). The van der Waals surface area contributed by atoms with Crippen molar-refractivity contribution in [1.82, 2.24) is 20.9 Å². The van der Waals surface area contributed by atoms with Crippen molar-refractivity contribution in [2.24, 2.45) is 11.8 Å². The number of benzene rings is 1. The number of likely N-dealkylation sites (tertiary alicyclic amines) is 1. The number of carbonyl (C=O) groups is 2. The van der Waals surface area contributed by atoms with E-state index in [0.29, 0.717) is 17.9 Å². The Bertz CT molecular complexity index is 799. The smallest absolute Gasteiger partial charge is 0.245 e. The van der Waals surface area contributed by atoms with Gasteiger partial charge < -0.3 is 26.2 Å². The van der Waals surface area contributed by atoms with Crippen LogP contribution in [0.5, 0.6) is 0 Å². The van der Waals surface area contributed by atoms with Crippen molar-refractivity contribution in [3.63, 3.8) is 0 Å². The summed E-state index contributed by atoms with van der Waals surface area (Å²) in [7, 11) is 0. The average Bonchev–Trinajstić information content (AvgIpc) is 3.48. The van der Waals surface area contributed by atoms with E-state index in [1.54, 1.807) is 0 Å². The van der Waals surface area contributed by atoms with Crippen LogP contribution in [-0.2, 0) is 16.0 Å². The van der Waals surface area contributed by atoms with Gasteiger partial charge >= 0.3 is 0 Å². The number of hydrogen-bond donors (Lipinski definition) is 4. The number of fused-ring (bicyclic) bond motifs is 2. The number of nitrogens with one attached hydrogen (secondary N) is 4. The van der Waals surface area contributed by atoms with Gasteiger partial charge in [0.05, 0.1) is 6.04 Å². The molecule has 4 N–H and O–H groups in total. The molecule has 0 aromatic heterocycles. The monoisotopic (exact) mass is 453 g/mol. The molecule has 4 aliphatic heterocycles. The fraction of sp³-hybridized carbons (Fsp3) is 0.692. The van der Waals surface area contributed by atoms with Gasteiger partial charge in [-0.1, -0.05) is 31.0 Å². The number of carbonyl (C=O) groups excluding carboxylic acids is 2. The highest BCUT2D eigenvalue weighted by atomic mass is 16.2. The number of para-hydroxylation sites is 1. The molecule has 7 heteroatoms. The minimum absolute atomic E-state index is 0.0103. The molecule has 3 fully saturated rings. The van der Waals surface area contributed by atoms with Crippen molar-refractivity contribution in [3.05, 3.63) is 29.8 Å². The average molecular weight is 454 g/mol. The van der Waals surface area contributed by atoms with E-state index in [4.69, 9.17) is 0 Å². The van der Waals surface area contributed by atoms with E-state index < -0.39 is 0 Å². The van der Waals surface area contributed by atoms with Gasteiger partial charge in [-0.25, -0.2) is 0 Å². The highest BCUT2D eigenvalue weighted by Crippen LogP contribution is 2.28. The van der Waals surface area contributed by atoms with Crippen LogP contribution in [0.2, 0.25) is 0 Å². The van der Waals surface area contributed by atoms with E-state index >= 15 is 0 Å². The van der Waals surface area contributed by atoms with Crippen LogP contribution < -0.4 is 21.3 Å². The Labute approximate surface area is 197 Å². The molecule has 4 atom stereocenters. The van der Waals surface area contributed by atoms with Gasteiger partial charge in [0.2, 0.25) is 11.8 Å². The summed E-state index contributed by atoms with van der Waals surface area (Å²) in [5.74, 6) is 1.74. The van der Waals surface area contributed by atoms with E-state index in [0.717, 1.165) is 83.4 Å². The molecule has 7 nitrogen and oxygen atoms in total. The molecule has 0 bridgehead atoms. The quantitative estimate of drug-likeness (QED) is 0.474. The van der Waals surface area contributed by atoms with Crippen LogP contribution in [0.3, 0.4) is 0 Å². The lowest BCUT2D eigenvalue weighted by Gasteiger charge is -2.33. The molecule has 0 saturated carbocycles. The highest BCUT2D eigenvalue weighted by Gasteiger charge is 2.38. The van der Waals surface area contributed by atoms with Crippen LogP contribution in [0, 0.1) is 11.8 Å². The lowest BCUT2D eigenvalue weighted by molar-refractivity contribution is -0.133. The molecule has 3 saturated heterocycles. The number of amides is 2. The Morgan fingerprint density at radius 3 is 2.73 bits per heavy atom. The Kier molecular flexibility index (Phi) is 7.16. The first-order valence-electron chi connectivity index (χ1n) is 13.0. The maximum Gasteiger partial charge on any atom is 0.245 e. The molecule has 2 amide bonds.